The molecule has 1 aromatic heterocycles. The van der Waals surface area contributed by atoms with Gasteiger partial charge in [0.15, 0.2) is 0 Å². The van der Waals surface area contributed by atoms with Gasteiger partial charge in [-0.15, -0.1) is 0 Å². The number of nitrogens with one attached hydrogen (secondary N) is 1. The van der Waals surface area contributed by atoms with E-state index in [9.17, 15) is 4.79 Å². The van der Waals surface area contributed by atoms with Crippen molar-refractivity contribution in [1.82, 2.24) is 9.97 Å². The Bertz CT molecular complexity index is 868. The standard InChI is InChI=1S/C20H19N3OS/c1-14(25-2)15-6-5-7-17(10-15)23-20(24)19-9-4-3-8-18(19)16-11-21-13-22-12-16/h3-14H,1-2H3,(H,23,24)/t14-/m1/s1. The van der Waals surface area contributed by atoms with Crippen molar-refractivity contribution in [3.05, 3.63) is 78.4 Å². The van der Waals surface area contributed by atoms with Crippen LogP contribution >= 0.6 is 11.8 Å². The van der Waals surface area contributed by atoms with Crippen LogP contribution in [-0.4, -0.2) is 22.1 Å². The Morgan fingerprint density at radius 2 is 1.84 bits per heavy atom. The highest BCUT2D eigenvalue weighted by atomic mass is 32.2. The number of nitrogens with zero attached hydrogens (tertiary/aromatic N) is 2. The first-order chi connectivity index (χ1) is 12.2. The third kappa shape index (κ3) is 4.06. The summed E-state index contributed by atoms with van der Waals surface area (Å²) in [6, 6.07) is 15.4. The van der Waals surface area contributed by atoms with Gasteiger partial charge in [0.05, 0.1) is 0 Å². The SMILES string of the molecule is CS[C@H](C)c1cccc(NC(=O)c2ccccc2-c2cncnc2)c1. The molecule has 5 heteroatoms. The lowest BCUT2D eigenvalue weighted by molar-refractivity contribution is 0.102. The average Bonchev–Trinajstić information content (AvgIpc) is 2.68. The summed E-state index contributed by atoms with van der Waals surface area (Å²) in [5.74, 6) is -0.145. The van der Waals surface area contributed by atoms with E-state index < -0.39 is 0 Å². The van der Waals surface area contributed by atoms with Crippen molar-refractivity contribution in [2.75, 3.05) is 11.6 Å². The highest BCUT2D eigenvalue weighted by Crippen LogP contribution is 2.28. The van der Waals surface area contributed by atoms with Crippen LogP contribution in [0.4, 0.5) is 5.69 Å². The summed E-state index contributed by atoms with van der Waals surface area (Å²) in [5.41, 5.74) is 4.21. The summed E-state index contributed by atoms with van der Waals surface area (Å²) >= 11 is 1.77. The van der Waals surface area contributed by atoms with Crippen LogP contribution in [0.3, 0.4) is 0 Å². The topological polar surface area (TPSA) is 54.9 Å². The number of rotatable bonds is 5. The first-order valence-corrected chi connectivity index (χ1v) is 9.26. The largest absolute Gasteiger partial charge is 0.322 e. The van der Waals surface area contributed by atoms with Crippen molar-refractivity contribution in [2.24, 2.45) is 0 Å². The molecule has 0 radical (unpaired) electrons. The van der Waals surface area contributed by atoms with Gasteiger partial charge < -0.3 is 5.32 Å². The second kappa shape index (κ2) is 7.94. The fourth-order valence-electron chi connectivity index (χ4n) is 2.57. The Hall–Kier alpha value is -2.66. The molecule has 0 aliphatic rings. The lowest BCUT2D eigenvalue weighted by Crippen LogP contribution is -2.13. The van der Waals surface area contributed by atoms with E-state index in [1.54, 1.807) is 24.2 Å². The van der Waals surface area contributed by atoms with Crippen molar-refractivity contribution in [3.8, 4) is 11.1 Å². The Morgan fingerprint density at radius 3 is 2.60 bits per heavy atom. The molecule has 126 valence electrons. The summed E-state index contributed by atoms with van der Waals surface area (Å²) in [5, 5.41) is 3.38. The third-order valence-electron chi connectivity index (χ3n) is 4.01. The second-order valence-corrected chi connectivity index (χ2v) is 6.81. The molecule has 0 fully saturated rings. The zero-order valence-electron chi connectivity index (χ0n) is 14.1. The van der Waals surface area contributed by atoms with E-state index in [4.69, 9.17) is 0 Å². The van der Waals surface area contributed by atoms with Gasteiger partial charge in [-0.05, 0) is 42.5 Å². The van der Waals surface area contributed by atoms with Gasteiger partial charge in [-0.3, -0.25) is 4.79 Å². The first-order valence-electron chi connectivity index (χ1n) is 7.97. The minimum absolute atomic E-state index is 0.145. The van der Waals surface area contributed by atoms with E-state index in [-0.39, 0.29) is 5.91 Å². The van der Waals surface area contributed by atoms with Crippen LogP contribution in [0.5, 0.6) is 0 Å². The third-order valence-corrected chi connectivity index (χ3v) is 4.99. The molecule has 0 saturated heterocycles. The maximum atomic E-state index is 12.8. The van der Waals surface area contributed by atoms with Crippen LogP contribution in [0.2, 0.25) is 0 Å². The predicted molar refractivity (Wildman–Crippen MR) is 104 cm³/mol. The van der Waals surface area contributed by atoms with Crippen molar-refractivity contribution in [2.45, 2.75) is 12.2 Å². The molecule has 0 aliphatic heterocycles. The molecule has 1 N–H and O–H groups in total. The van der Waals surface area contributed by atoms with Crippen LogP contribution in [0.1, 0.15) is 28.1 Å². The summed E-state index contributed by atoms with van der Waals surface area (Å²) in [6.07, 6.45) is 6.97. The number of carbonyl (C=O) groups is 1. The molecule has 3 aromatic rings. The number of anilines is 1. The average molecular weight is 349 g/mol. The molecule has 0 bridgehead atoms. The Morgan fingerprint density at radius 1 is 1.08 bits per heavy atom. The van der Waals surface area contributed by atoms with Gasteiger partial charge in [-0.1, -0.05) is 30.3 Å². The van der Waals surface area contributed by atoms with Crippen molar-refractivity contribution < 1.29 is 4.79 Å². The molecule has 0 aliphatic carbocycles. The number of hydrogen-bond acceptors (Lipinski definition) is 4. The van der Waals surface area contributed by atoms with Crippen LogP contribution in [-0.2, 0) is 0 Å². The Kier molecular flexibility index (Phi) is 5.46. The highest BCUT2D eigenvalue weighted by molar-refractivity contribution is 7.98. The maximum absolute atomic E-state index is 12.8. The van der Waals surface area contributed by atoms with Crippen LogP contribution in [0, 0.1) is 0 Å². The van der Waals surface area contributed by atoms with E-state index >= 15 is 0 Å². The Balaban J connectivity index is 1.88. The van der Waals surface area contributed by atoms with Crippen LogP contribution < -0.4 is 5.32 Å². The minimum Gasteiger partial charge on any atom is -0.322 e. The fourth-order valence-corrected chi connectivity index (χ4v) is 2.99. The van der Waals surface area contributed by atoms with Gasteiger partial charge in [0, 0.05) is 34.5 Å². The first kappa shape index (κ1) is 17.2. The molecule has 1 amide bonds. The molecule has 0 saturated carbocycles. The van der Waals surface area contributed by atoms with E-state index in [1.165, 1.54) is 11.9 Å². The van der Waals surface area contributed by atoms with Crippen molar-refractivity contribution >= 4 is 23.4 Å². The van der Waals surface area contributed by atoms with Gasteiger partial charge in [-0.2, -0.15) is 11.8 Å². The quantitative estimate of drug-likeness (QED) is 0.717. The monoisotopic (exact) mass is 349 g/mol. The zero-order chi connectivity index (χ0) is 17.6. The zero-order valence-corrected chi connectivity index (χ0v) is 15.0. The normalized spacial score (nSPS) is 11.8. The second-order valence-electron chi connectivity index (χ2n) is 5.63. The highest BCUT2D eigenvalue weighted by Gasteiger charge is 2.13. The molecular formula is C20H19N3OS. The molecule has 1 atom stereocenters. The van der Waals surface area contributed by atoms with E-state index in [0.29, 0.717) is 10.8 Å². The lowest BCUT2D eigenvalue weighted by atomic mass is 10.0. The summed E-state index contributed by atoms with van der Waals surface area (Å²) < 4.78 is 0. The van der Waals surface area contributed by atoms with E-state index in [2.05, 4.69) is 34.5 Å². The van der Waals surface area contributed by atoms with Crippen LogP contribution in [0.15, 0.2) is 67.3 Å². The smallest absolute Gasteiger partial charge is 0.256 e. The summed E-state index contributed by atoms with van der Waals surface area (Å²) in [6.45, 7) is 2.15. The number of hydrogen-bond donors (Lipinski definition) is 1. The van der Waals surface area contributed by atoms with Crippen molar-refractivity contribution in [3.63, 3.8) is 0 Å². The molecule has 1 heterocycles. The van der Waals surface area contributed by atoms with E-state index in [1.807, 2.05) is 42.5 Å². The predicted octanol–water partition coefficient (Wildman–Crippen LogP) is 4.82. The summed E-state index contributed by atoms with van der Waals surface area (Å²) in [7, 11) is 0. The molecule has 2 aromatic carbocycles. The van der Waals surface area contributed by atoms with Gasteiger partial charge in [-0.25, -0.2) is 9.97 Å². The number of aromatic nitrogens is 2. The van der Waals surface area contributed by atoms with Gasteiger partial charge >= 0.3 is 0 Å². The fraction of sp³-hybridized carbons (Fsp3) is 0.150. The molecule has 25 heavy (non-hydrogen) atoms. The molecular weight excluding hydrogens is 330 g/mol. The minimum atomic E-state index is -0.145. The maximum Gasteiger partial charge on any atom is 0.256 e. The lowest BCUT2D eigenvalue weighted by Gasteiger charge is -2.13. The Labute approximate surface area is 151 Å². The van der Waals surface area contributed by atoms with Crippen LogP contribution in [0.25, 0.3) is 11.1 Å². The summed E-state index contributed by atoms with van der Waals surface area (Å²) in [4.78, 5) is 20.9. The van der Waals surface area contributed by atoms with Crippen molar-refractivity contribution in [1.29, 1.82) is 0 Å². The van der Waals surface area contributed by atoms with E-state index in [0.717, 1.165) is 16.8 Å². The number of thioether (sulfide) groups is 1. The van der Waals surface area contributed by atoms with Gasteiger partial charge in [0.25, 0.3) is 5.91 Å². The molecule has 3 rings (SSSR count). The molecule has 4 nitrogen and oxygen atoms in total. The van der Waals surface area contributed by atoms with Gasteiger partial charge in [0.1, 0.15) is 6.33 Å². The van der Waals surface area contributed by atoms with Gasteiger partial charge in [0.2, 0.25) is 0 Å². The molecule has 0 unspecified atom stereocenters. The number of carbonyl (C=O) groups excluding carboxylic acids is 1. The number of benzene rings is 2. The number of amides is 1. The molecule has 0 spiro atoms.